The van der Waals surface area contributed by atoms with Crippen molar-refractivity contribution in [2.45, 2.75) is 57.1 Å². The second-order valence-corrected chi connectivity index (χ2v) is 9.27. The van der Waals surface area contributed by atoms with Crippen molar-refractivity contribution in [2.75, 3.05) is 31.2 Å². The van der Waals surface area contributed by atoms with Gasteiger partial charge in [0, 0.05) is 18.5 Å². The van der Waals surface area contributed by atoms with Crippen LogP contribution in [-0.2, 0) is 33.9 Å². The SMILES string of the molecule is CCCC(=O)OCCN(CCOC(=O)CCC)c1ccc(C(=O)OC(C(F)(F)F)C(F)(F)S(=O)(=O)[O-])cc1. The molecule has 1 atom stereocenters. The van der Waals surface area contributed by atoms with Gasteiger partial charge in [-0.2, -0.15) is 22.0 Å². The summed E-state index contributed by atoms with van der Waals surface area (Å²) in [5.41, 5.74) is -0.342. The summed E-state index contributed by atoms with van der Waals surface area (Å²) in [4.78, 5) is 36.8. The fourth-order valence-electron chi connectivity index (χ4n) is 2.90. The molecule has 0 aliphatic carbocycles. The molecule has 0 radical (unpaired) electrons. The predicted molar refractivity (Wildman–Crippen MR) is 120 cm³/mol. The molecule has 0 bridgehead atoms. The summed E-state index contributed by atoms with van der Waals surface area (Å²) >= 11 is 0. The van der Waals surface area contributed by atoms with Crippen molar-refractivity contribution in [1.82, 2.24) is 0 Å². The molecule has 1 aromatic rings. The first kappa shape index (κ1) is 33.0. The monoisotopic (exact) mass is 576 g/mol. The van der Waals surface area contributed by atoms with E-state index in [2.05, 4.69) is 4.74 Å². The van der Waals surface area contributed by atoms with Gasteiger partial charge in [0.15, 0.2) is 10.1 Å². The van der Waals surface area contributed by atoms with Crippen LogP contribution in [0, 0.1) is 0 Å². The number of alkyl halides is 5. The molecule has 0 saturated heterocycles. The number of hydrogen-bond donors (Lipinski definition) is 0. The fraction of sp³-hybridized carbons (Fsp3) is 0.591. The lowest BCUT2D eigenvalue weighted by molar-refractivity contribution is -0.248. The van der Waals surface area contributed by atoms with Crippen molar-refractivity contribution < 1.29 is 63.5 Å². The van der Waals surface area contributed by atoms with Crippen LogP contribution in [0.1, 0.15) is 49.9 Å². The lowest BCUT2D eigenvalue weighted by Gasteiger charge is -2.29. The molecular weight excluding hydrogens is 549 g/mol. The summed E-state index contributed by atoms with van der Waals surface area (Å²) in [5.74, 6) is -2.86. The quantitative estimate of drug-likeness (QED) is 0.132. The van der Waals surface area contributed by atoms with Gasteiger partial charge >= 0.3 is 29.3 Å². The van der Waals surface area contributed by atoms with Crippen molar-refractivity contribution in [3.63, 3.8) is 0 Å². The van der Waals surface area contributed by atoms with Crippen LogP contribution in [0.2, 0.25) is 0 Å². The summed E-state index contributed by atoms with van der Waals surface area (Å²) in [7, 11) is -6.83. The van der Waals surface area contributed by atoms with Gasteiger partial charge in [-0.1, -0.05) is 13.8 Å². The Labute approximate surface area is 215 Å². The predicted octanol–water partition coefficient (Wildman–Crippen LogP) is 3.41. The molecule has 0 aromatic heterocycles. The van der Waals surface area contributed by atoms with Crippen LogP contribution in [0.3, 0.4) is 0 Å². The molecule has 0 heterocycles. The molecule has 1 rings (SSSR count). The van der Waals surface area contributed by atoms with Gasteiger partial charge in [-0.25, -0.2) is 13.2 Å². The Hall–Kier alpha value is -3.01. The van der Waals surface area contributed by atoms with E-state index in [1.807, 2.05) is 0 Å². The van der Waals surface area contributed by atoms with E-state index in [0.29, 0.717) is 18.5 Å². The van der Waals surface area contributed by atoms with E-state index >= 15 is 0 Å². The summed E-state index contributed by atoms with van der Waals surface area (Å²) < 4.78 is 112. The summed E-state index contributed by atoms with van der Waals surface area (Å²) in [6, 6.07) is 4.22. The van der Waals surface area contributed by atoms with E-state index in [1.165, 1.54) is 12.1 Å². The van der Waals surface area contributed by atoms with Gasteiger partial charge < -0.3 is 23.7 Å². The molecule has 38 heavy (non-hydrogen) atoms. The lowest BCUT2D eigenvalue weighted by atomic mass is 10.2. The number of carbonyl (C=O) groups is 3. The van der Waals surface area contributed by atoms with E-state index in [0.717, 1.165) is 12.1 Å². The molecule has 0 N–H and O–H groups in total. The first-order chi connectivity index (χ1) is 17.5. The van der Waals surface area contributed by atoms with Gasteiger partial charge in [-0.3, -0.25) is 9.59 Å². The van der Waals surface area contributed by atoms with Crippen LogP contribution in [-0.4, -0.2) is 74.7 Å². The average Bonchev–Trinajstić information content (AvgIpc) is 2.80. The highest BCUT2D eigenvalue weighted by molar-refractivity contribution is 7.86. The topological polar surface area (TPSA) is 139 Å². The van der Waals surface area contributed by atoms with Gasteiger partial charge in [-0.05, 0) is 37.1 Å². The maximum absolute atomic E-state index is 13.6. The number of nitrogens with zero attached hydrogens (tertiary/aromatic N) is 1. The van der Waals surface area contributed by atoms with Crippen molar-refractivity contribution in [2.24, 2.45) is 0 Å². The van der Waals surface area contributed by atoms with Crippen molar-refractivity contribution in [1.29, 1.82) is 0 Å². The van der Waals surface area contributed by atoms with Gasteiger partial charge in [-0.15, -0.1) is 0 Å². The molecule has 0 spiro atoms. The second kappa shape index (κ2) is 14.2. The number of ether oxygens (including phenoxy) is 3. The molecular formula is C22H27F5NO9S-. The zero-order chi connectivity index (χ0) is 29.1. The van der Waals surface area contributed by atoms with Crippen LogP contribution >= 0.6 is 0 Å². The number of anilines is 1. The van der Waals surface area contributed by atoms with Crippen LogP contribution in [0.25, 0.3) is 0 Å². The largest absolute Gasteiger partial charge is 0.743 e. The molecule has 1 unspecified atom stereocenters. The van der Waals surface area contributed by atoms with Gasteiger partial charge in [0.25, 0.3) is 6.10 Å². The molecule has 0 aliphatic rings. The number of hydrogen-bond acceptors (Lipinski definition) is 10. The van der Waals surface area contributed by atoms with Crippen LogP contribution in [0.15, 0.2) is 24.3 Å². The standard InChI is InChI=1S/C22H28F5NO9S/c1-3-5-17(29)35-13-11-28(12-14-36-18(30)6-4-2)16-9-7-15(8-10-16)19(31)37-20(21(23,24)25)22(26,27)38(32,33)34/h7-10,20H,3-6,11-14H2,1-2H3,(H,32,33,34)/p-1. The Balaban J connectivity index is 3.05. The summed E-state index contributed by atoms with van der Waals surface area (Å²) in [6.45, 7) is 3.60. The highest BCUT2D eigenvalue weighted by Gasteiger charge is 2.63. The maximum atomic E-state index is 13.6. The normalized spacial score (nSPS) is 12.9. The lowest BCUT2D eigenvalue weighted by Crippen LogP contribution is -2.52. The maximum Gasteiger partial charge on any atom is 0.432 e. The minimum absolute atomic E-state index is 0.0719. The minimum atomic E-state index is -6.83. The molecule has 10 nitrogen and oxygen atoms in total. The molecule has 16 heteroatoms. The van der Waals surface area contributed by atoms with E-state index in [4.69, 9.17) is 9.47 Å². The highest BCUT2D eigenvalue weighted by Crippen LogP contribution is 2.38. The van der Waals surface area contributed by atoms with E-state index in [1.54, 1.807) is 18.7 Å². The molecule has 0 fully saturated rings. The smallest absolute Gasteiger partial charge is 0.432 e. The van der Waals surface area contributed by atoms with E-state index in [-0.39, 0.29) is 39.1 Å². The first-order valence-corrected chi connectivity index (χ1v) is 12.7. The summed E-state index contributed by atoms with van der Waals surface area (Å²) in [5, 5.41) is -5.97. The van der Waals surface area contributed by atoms with Crippen molar-refractivity contribution in [3.05, 3.63) is 29.8 Å². The molecule has 0 aliphatic heterocycles. The number of benzene rings is 1. The van der Waals surface area contributed by atoms with Crippen molar-refractivity contribution in [3.8, 4) is 0 Å². The van der Waals surface area contributed by atoms with Crippen LogP contribution in [0.4, 0.5) is 27.6 Å². The minimum Gasteiger partial charge on any atom is -0.743 e. The Morgan fingerprint density at radius 1 is 0.895 bits per heavy atom. The average molecular weight is 577 g/mol. The highest BCUT2D eigenvalue weighted by atomic mass is 32.2. The van der Waals surface area contributed by atoms with Crippen LogP contribution < -0.4 is 4.90 Å². The molecule has 1 aromatic carbocycles. The number of halogens is 5. The Morgan fingerprint density at radius 2 is 1.34 bits per heavy atom. The number of esters is 3. The van der Waals surface area contributed by atoms with Gasteiger partial charge in [0.05, 0.1) is 18.7 Å². The third-order valence-corrected chi connectivity index (χ3v) is 5.67. The molecule has 0 saturated carbocycles. The summed E-state index contributed by atoms with van der Waals surface area (Å²) in [6.07, 6.45) is -9.09. The zero-order valence-electron chi connectivity index (χ0n) is 20.5. The first-order valence-electron chi connectivity index (χ1n) is 11.3. The van der Waals surface area contributed by atoms with Gasteiger partial charge in [0.2, 0.25) is 0 Å². The number of rotatable bonds is 15. The van der Waals surface area contributed by atoms with Crippen LogP contribution in [0.5, 0.6) is 0 Å². The molecule has 0 amide bonds. The van der Waals surface area contributed by atoms with E-state index < -0.39 is 51.1 Å². The van der Waals surface area contributed by atoms with Crippen molar-refractivity contribution >= 4 is 33.7 Å². The third kappa shape index (κ3) is 10.0. The Kier molecular flexibility index (Phi) is 12.4. The molecule has 216 valence electrons. The second-order valence-electron chi connectivity index (χ2n) is 7.82. The third-order valence-electron chi connectivity index (χ3n) is 4.79. The fourth-order valence-corrected chi connectivity index (χ4v) is 3.35. The van der Waals surface area contributed by atoms with E-state index in [9.17, 15) is 49.3 Å². The Morgan fingerprint density at radius 3 is 1.71 bits per heavy atom. The van der Waals surface area contributed by atoms with Gasteiger partial charge in [0.1, 0.15) is 13.2 Å². The zero-order valence-corrected chi connectivity index (χ0v) is 21.3. The number of carbonyl (C=O) groups excluding carboxylic acids is 3. The Bertz CT molecular complexity index is 1020.